The van der Waals surface area contributed by atoms with Gasteiger partial charge >= 0.3 is 0 Å². The highest BCUT2D eigenvalue weighted by Gasteiger charge is 2.11. The normalized spacial score (nSPS) is 15.1. The van der Waals surface area contributed by atoms with E-state index in [1.165, 1.54) is 11.1 Å². The van der Waals surface area contributed by atoms with Gasteiger partial charge in [0.1, 0.15) is 0 Å². The van der Waals surface area contributed by atoms with Gasteiger partial charge in [-0.2, -0.15) is 11.8 Å². The minimum Gasteiger partial charge on any atom is -0.323 e. The van der Waals surface area contributed by atoms with Crippen LogP contribution in [0.25, 0.3) is 0 Å². The molecule has 1 aromatic carbocycles. The average molecular weight is 237 g/mol. The molecule has 0 radical (unpaired) electrons. The molecule has 0 saturated carbocycles. The molecule has 16 heavy (non-hydrogen) atoms. The monoisotopic (exact) mass is 237 g/mol. The fourth-order valence-electron chi connectivity index (χ4n) is 1.44. The van der Waals surface area contributed by atoms with E-state index in [1.54, 1.807) is 0 Å². The van der Waals surface area contributed by atoms with Crippen LogP contribution < -0.4 is 5.73 Å². The van der Waals surface area contributed by atoms with E-state index < -0.39 is 0 Å². The van der Waals surface area contributed by atoms with Crippen LogP contribution >= 0.6 is 11.8 Å². The Balaban J connectivity index is 2.49. The first kappa shape index (κ1) is 13.6. The fourth-order valence-corrected chi connectivity index (χ4v) is 2.53. The van der Waals surface area contributed by atoms with Crippen molar-refractivity contribution in [2.45, 2.75) is 39.0 Å². The number of hydrogen-bond donors (Lipinski definition) is 1. The molecule has 0 aliphatic rings. The van der Waals surface area contributed by atoms with Crippen molar-refractivity contribution in [3.63, 3.8) is 0 Å². The van der Waals surface area contributed by atoms with Crippen LogP contribution in [-0.2, 0) is 0 Å². The predicted molar refractivity (Wildman–Crippen MR) is 74.9 cm³/mol. The predicted octanol–water partition coefficient (Wildman–Crippen LogP) is 3.77. The molecular formula is C14H23NS. The number of thioether (sulfide) groups is 1. The van der Waals surface area contributed by atoms with Crippen molar-refractivity contribution in [2.24, 2.45) is 11.7 Å². The Morgan fingerprint density at radius 3 is 2.50 bits per heavy atom. The molecule has 1 aromatic rings. The first-order valence-electron chi connectivity index (χ1n) is 5.94. The van der Waals surface area contributed by atoms with Crippen LogP contribution in [0, 0.1) is 12.8 Å². The average Bonchev–Trinajstić information content (AvgIpc) is 2.25. The molecular weight excluding hydrogens is 214 g/mol. The maximum atomic E-state index is 6.19. The minimum atomic E-state index is 0.158. The maximum Gasteiger partial charge on any atom is 0.0386 e. The lowest BCUT2D eigenvalue weighted by molar-refractivity contribution is 0.640. The van der Waals surface area contributed by atoms with Gasteiger partial charge in [-0.15, -0.1) is 0 Å². The first-order chi connectivity index (χ1) is 7.50. The molecule has 0 saturated heterocycles. The van der Waals surface area contributed by atoms with Gasteiger partial charge in [-0.3, -0.25) is 0 Å². The Hall–Kier alpha value is -0.470. The quantitative estimate of drug-likeness (QED) is 0.843. The molecule has 0 spiro atoms. The zero-order valence-corrected chi connectivity index (χ0v) is 11.6. The molecule has 0 fully saturated rings. The van der Waals surface area contributed by atoms with E-state index in [0.717, 1.165) is 11.7 Å². The second-order valence-electron chi connectivity index (χ2n) is 4.80. The van der Waals surface area contributed by atoms with Gasteiger partial charge in [-0.1, -0.05) is 50.6 Å². The summed E-state index contributed by atoms with van der Waals surface area (Å²) in [6.45, 7) is 8.91. The third-order valence-electron chi connectivity index (χ3n) is 2.95. The molecule has 0 amide bonds. The van der Waals surface area contributed by atoms with E-state index >= 15 is 0 Å². The van der Waals surface area contributed by atoms with Crippen molar-refractivity contribution < 1.29 is 0 Å². The van der Waals surface area contributed by atoms with Crippen LogP contribution in [0.2, 0.25) is 0 Å². The molecule has 0 aromatic heterocycles. The summed E-state index contributed by atoms with van der Waals surface area (Å²) in [6.07, 6.45) is 0. The third-order valence-corrected chi connectivity index (χ3v) is 4.57. The van der Waals surface area contributed by atoms with Crippen LogP contribution in [0.3, 0.4) is 0 Å². The molecule has 2 N–H and O–H groups in total. The van der Waals surface area contributed by atoms with Crippen molar-refractivity contribution in [1.29, 1.82) is 0 Å². The number of aryl methyl sites for hydroxylation is 1. The van der Waals surface area contributed by atoms with Crippen molar-refractivity contribution in [3.8, 4) is 0 Å². The molecule has 1 nitrogen and oxygen atoms in total. The first-order valence-corrected chi connectivity index (χ1v) is 6.99. The molecule has 0 aliphatic heterocycles. The second kappa shape index (κ2) is 6.31. The van der Waals surface area contributed by atoms with E-state index in [4.69, 9.17) is 5.73 Å². The van der Waals surface area contributed by atoms with Gasteiger partial charge in [0.25, 0.3) is 0 Å². The van der Waals surface area contributed by atoms with E-state index in [-0.39, 0.29) is 6.04 Å². The highest BCUT2D eigenvalue weighted by atomic mass is 32.2. The molecule has 0 heterocycles. The summed E-state index contributed by atoms with van der Waals surface area (Å²) >= 11 is 1.97. The van der Waals surface area contributed by atoms with Crippen molar-refractivity contribution in [1.82, 2.24) is 0 Å². The second-order valence-corrected chi connectivity index (χ2v) is 6.21. The van der Waals surface area contributed by atoms with Gasteiger partial charge in [0.05, 0.1) is 0 Å². The van der Waals surface area contributed by atoms with Gasteiger partial charge in [-0.25, -0.2) is 0 Å². The molecule has 2 unspecified atom stereocenters. The Bertz CT molecular complexity index is 322. The van der Waals surface area contributed by atoms with Crippen molar-refractivity contribution in [3.05, 3.63) is 35.4 Å². The number of nitrogens with two attached hydrogens (primary N) is 1. The molecule has 90 valence electrons. The summed E-state index contributed by atoms with van der Waals surface area (Å²) in [7, 11) is 0. The molecule has 1 rings (SSSR count). The number of hydrogen-bond acceptors (Lipinski definition) is 2. The highest BCUT2D eigenvalue weighted by Crippen LogP contribution is 2.24. The Labute approximate surface area is 104 Å². The van der Waals surface area contributed by atoms with Crippen LogP contribution in [0.4, 0.5) is 0 Å². The topological polar surface area (TPSA) is 26.0 Å². The van der Waals surface area contributed by atoms with Crippen LogP contribution in [0.5, 0.6) is 0 Å². The van der Waals surface area contributed by atoms with Gasteiger partial charge in [0, 0.05) is 17.0 Å². The van der Waals surface area contributed by atoms with Crippen molar-refractivity contribution in [2.75, 3.05) is 5.75 Å². The fraction of sp³-hybridized carbons (Fsp3) is 0.571. The van der Waals surface area contributed by atoms with Crippen molar-refractivity contribution >= 4 is 11.8 Å². The van der Waals surface area contributed by atoms with Gasteiger partial charge in [-0.05, 0) is 18.4 Å². The highest BCUT2D eigenvalue weighted by molar-refractivity contribution is 7.99. The molecule has 0 bridgehead atoms. The smallest absolute Gasteiger partial charge is 0.0386 e. The summed E-state index contributed by atoms with van der Waals surface area (Å²) in [5, 5.41) is 0.677. The Kier molecular flexibility index (Phi) is 5.36. The summed E-state index contributed by atoms with van der Waals surface area (Å²) in [4.78, 5) is 0. The number of rotatable bonds is 5. The summed E-state index contributed by atoms with van der Waals surface area (Å²) in [6, 6.07) is 8.66. The van der Waals surface area contributed by atoms with E-state index in [1.807, 2.05) is 11.8 Å². The number of benzene rings is 1. The molecule has 0 aliphatic carbocycles. The zero-order valence-electron chi connectivity index (χ0n) is 10.7. The van der Waals surface area contributed by atoms with Crippen LogP contribution in [0.1, 0.15) is 37.9 Å². The minimum absolute atomic E-state index is 0.158. The third kappa shape index (κ3) is 4.18. The maximum absolute atomic E-state index is 6.19. The summed E-state index contributed by atoms with van der Waals surface area (Å²) in [5.74, 6) is 1.72. The largest absolute Gasteiger partial charge is 0.323 e. The summed E-state index contributed by atoms with van der Waals surface area (Å²) < 4.78 is 0. The SMILES string of the molecule is Cc1cccc(C(N)CSC(C)C(C)C)c1. The van der Waals surface area contributed by atoms with E-state index in [0.29, 0.717) is 5.25 Å². The van der Waals surface area contributed by atoms with E-state index in [2.05, 4.69) is 52.0 Å². The van der Waals surface area contributed by atoms with E-state index in [9.17, 15) is 0 Å². The Morgan fingerprint density at radius 2 is 1.94 bits per heavy atom. The molecule has 2 heteroatoms. The Morgan fingerprint density at radius 1 is 1.25 bits per heavy atom. The lowest BCUT2D eigenvalue weighted by Gasteiger charge is -2.18. The lowest BCUT2D eigenvalue weighted by atomic mass is 10.1. The standard InChI is InChI=1S/C14H23NS/c1-10(2)12(4)16-9-14(15)13-7-5-6-11(3)8-13/h5-8,10,12,14H,9,15H2,1-4H3. The van der Waals surface area contributed by atoms with Crippen LogP contribution in [-0.4, -0.2) is 11.0 Å². The van der Waals surface area contributed by atoms with Gasteiger partial charge < -0.3 is 5.73 Å². The lowest BCUT2D eigenvalue weighted by Crippen LogP contribution is -2.16. The van der Waals surface area contributed by atoms with Gasteiger partial charge in [0.15, 0.2) is 0 Å². The zero-order chi connectivity index (χ0) is 12.1. The van der Waals surface area contributed by atoms with Gasteiger partial charge in [0.2, 0.25) is 0 Å². The molecule has 2 atom stereocenters. The summed E-state index contributed by atoms with van der Waals surface area (Å²) in [5.41, 5.74) is 8.73. The van der Waals surface area contributed by atoms with Crippen LogP contribution in [0.15, 0.2) is 24.3 Å².